The monoisotopic (exact) mass is 261 g/mol. The molecule has 0 atom stereocenters. The number of halogens is 2. The summed E-state index contributed by atoms with van der Waals surface area (Å²) in [6, 6.07) is 2.27. The number of hydrogen-bond acceptors (Lipinski definition) is 3. The van der Waals surface area contributed by atoms with Crippen molar-refractivity contribution < 1.29 is 13.9 Å². The van der Waals surface area contributed by atoms with Gasteiger partial charge in [-0.25, -0.2) is 8.78 Å². The van der Waals surface area contributed by atoms with Crippen molar-refractivity contribution in [1.82, 2.24) is 0 Å². The van der Waals surface area contributed by atoms with Gasteiger partial charge in [0.15, 0.2) is 0 Å². The van der Waals surface area contributed by atoms with Crippen molar-refractivity contribution in [3.63, 3.8) is 0 Å². The second-order valence-electron chi connectivity index (χ2n) is 3.80. The number of nitrogens with two attached hydrogens (primary N) is 1. The number of rotatable bonds is 7. The van der Waals surface area contributed by atoms with Gasteiger partial charge >= 0.3 is 0 Å². The summed E-state index contributed by atoms with van der Waals surface area (Å²) in [5.41, 5.74) is 5.43. The Labute approximate surface area is 104 Å². The Morgan fingerprint density at radius 2 is 1.65 bits per heavy atom. The summed E-state index contributed by atoms with van der Waals surface area (Å²) < 4.78 is 26.7. The fourth-order valence-electron chi connectivity index (χ4n) is 1.46. The molecule has 1 aromatic rings. The lowest BCUT2D eigenvalue weighted by Crippen LogP contribution is -1.94. The van der Waals surface area contributed by atoms with E-state index < -0.39 is 11.6 Å². The van der Waals surface area contributed by atoms with Crippen LogP contribution in [-0.2, 0) is 0 Å². The van der Waals surface area contributed by atoms with Crippen molar-refractivity contribution in [3.05, 3.63) is 23.8 Å². The zero-order valence-corrected chi connectivity index (χ0v) is 10.4. The molecule has 0 aliphatic rings. The molecule has 1 aromatic carbocycles. The van der Waals surface area contributed by atoms with E-state index in [1.807, 2.05) is 0 Å². The topological polar surface area (TPSA) is 46.2 Å². The highest BCUT2D eigenvalue weighted by atomic mass is 32.2. The van der Waals surface area contributed by atoms with E-state index in [1.165, 1.54) is 11.8 Å². The smallest absolute Gasteiger partial charge is 0.141 e. The number of unbranched alkanes of at least 4 members (excludes halogenated alkanes) is 3. The molecule has 0 amide bonds. The second-order valence-corrected chi connectivity index (χ2v) is 4.91. The maximum atomic E-state index is 13.4. The number of nitrogen functional groups attached to an aromatic ring is 1. The summed E-state index contributed by atoms with van der Waals surface area (Å²) in [6.07, 6.45) is 3.58. The Bertz CT molecular complexity index is 337. The fraction of sp³-hybridized carbons (Fsp3) is 0.500. The number of benzene rings is 1. The minimum atomic E-state index is -0.595. The number of aliphatic hydroxyl groups is 1. The van der Waals surface area contributed by atoms with E-state index in [1.54, 1.807) is 0 Å². The van der Waals surface area contributed by atoms with Crippen LogP contribution in [0.5, 0.6) is 0 Å². The maximum absolute atomic E-state index is 13.4. The Hall–Kier alpha value is -0.810. The number of aliphatic hydroxyl groups excluding tert-OH is 1. The molecule has 0 unspecified atom stereocenters. The lowest BCUT2D eigenvalue weighted by molar-refractivity contribution is 0.283. The molecule has 0 aromatic heterocycles. The van der Waals surface area contributed by atoms with Crippen LogP contribution in [0.15, 0.2) is 17.0 Å². The first kappa shape index (κ1) is 14.3. The molecule has 0 saturated heterocycles. The average Bonchev–Trinajstić information content (AvgIpc) is 2.26. The third-order valence-corrected chi connectivity index (χ3v) is 3.49. The molecule has 0 aliphatic heterocycles. The van der Waals surface area contributed by atoms with Gasteiger partial charge in [0.25, 0.3) is 0 Å². The molecule has 17 heavy (non-hydrogen) atoms. The zero-order valence-electron chi connectivity index (χ0n) is 9.59. The highest BCUT2D eigenvalue weighted by Crippen LogP contribution is 2.28. The molecular formula is C12H17F2NOS. The number of hydrogen-bond donors (Lipinski definition) is 2. The quantitative estimate of drug-likeness (QED) is 0.450. The van der Waals surface area contributed by atoms with Gasteiger partial charge in [0.05, 0.1) is 4.90 Å². The van der Waals surface area contributed by atoms with Gasteiger partial charge in [-0.1, -0.05) is 12.8 Å². The molecule has 5 heteroatoms. The Balaban J connectivity index is 2.36. The molecule has 1 rings (SSSR count). The molecule has 0 heterocycles. The van der Waals surface area contributed by atoms with Crippen molar-refractivity contribution in [1.29, 1.82) is 0 Å². The summed E-state index contributed by atoms with van der Waals surface area (Å²) in [6.45, 7) is 0.203. The van der Waals surface area contributed by atoms with Crippen LogP contribution >= 0.6 is 11.8 Å². The minimum absolute atomic E-state index is 0.0429. The normalized spacial score (nSPS) is 10.8. The van der Waals surface area contributed by atoms with E-state index in [-0.39, 0.29) is 17.2 Å². The van der Waals surface area contributed by atoms with Gasteiger partial charge in [-0.3, -0.25) is 0 Å². The molecule has 0 aliphatic carbocycles. The van der Waals surface area contributed by atoms with Crippen LogP contribution in [0, 0.1) is 11.6 Å². The number of thioether (sulfide) groups is 1. The Morgan fingerprint density at radius 3 is 2.24 bits per heavy atom. The number of anilines is 1. The zero-order chi connectivity index (χ0) is 12.7. The van der Waals surface area contributed by atoms with Gasteiger partial charge in [0, 0.05) is 12.3 Å². The first-order chi connectivity index (χ1) is 8.15. The standard InChI is InChI=1S/C12H17F2NOS/c13-10-7-9(15)8-11(14)12(10)17-6-4-2-1-3-5-16/h7-8,16H,1-6,15H2. The van der Waals surface area contributed by atoms with E-state index in [9.17, 15) is 8.78 Å². The highest BCUT2D eigenvalue weighted by Gasteiger charge is 2.10. The molecule has 96 valence electrons. The first-order valence-corrected chi connectivity index (χ1v) is 6.62. The Kier molecular flexibility index (Phi) is 6.29. The van der Waals surface area contributed by atoms with Crippen LogP contribution in [0.4, 0.5) is 14.5 Å². The predicted octanol–water partition coefficient (Wildman–Crippen LogP) is 3.19. The van der Waals surface area contributed by atoms with Gasteiger partial charge in [-0.05, 0) is 30.7 Å². The SMILES string of the molecule is Nc1cc(F)c(SCCCCCCO)c(F)c1. The average molecular weight is 261 g/mol. The summed E-state index contributed by atoms with van der Waals surface area (Å²) in [4.78, 5) is 0.0429. The molecule has 0 fully saturated rings. The molecule has 0 bridgehead atoms. The fourth-order valence-corrected chi connectivity index (χ4v) is 2.41. The summed E-state index contributed by atoms with van der Waals surface area (Å²) in [5.74, 6) is -0.519. The summed E-state index contributed by atoms with van der Waals surface area (Å²) >= 11 is 1.17. The Morgan fingerprint density at radius 1 is 1.06 bits per heavy atom. The van der Waals surface area contributed by atoms with E-state index >= 15 is 0 Å². The maximum Gasteiger partial charge on any atom is 0.141 e. The largest absolute Gasteiger partial charge is 0.399 e. The minimum Gasteiger partial charge on any atom is -0.399 e. The van der Waals surface area contributed by atoms with Crippen LogP contribution in [0.3, 0.4) is 0 Å². The van der Waals surface area contributed by atoms with Gasteiger partial charge in [0.2, 0.25) is 0 Å². The van der Waals surface area contributed by atoms with Crippen molar-refractivity contribution in [2.75, 3.05) is 18.1 Å². The van der Waals surface area contributed by atoms with Crippen LogP contribution in [0.2, 0.25) is 0 Å². The van der Waals surface area contributed by atoms with Crippen molar-refractivity contribution in [2.24, 2.45) is 0 Å². The van der Waals surface area contributed by atoms with Crippen molar-refractivity contribution >= 4 is 17.4 Å². The van der Waals surface area contributed by atoms with Gasteiger partial charge in [-0.15, -0.1) is 11.8 Å². The van der Waals surface area contributed by atoms with Gasteiger partial charge in [-0.2, -0.15) is 0 Å². The molecule has 0 saturated carbocycles. The lowest BCUT2D eigenvalue weighted by Gasteiger charge is -2.05. The van der Waals surface area contributed by atoms with E-state index in [4.69, 9.17) is 10.8 Å². The van der Waals surface area contributed by atoms with E-state index in [2.05, 4.69) is 0 Å². The van der Waals surface area contributed by atoms with Crippen LogP contribution in [0.1, 0.15) is 25.7 Å². The molecular weight excluding hydrogens is 244 g/mol. The van der Waals surface area contributed by atoms with E-state index in [0.29, 0.717) is 5.75 Å². The first-order valence-electron chi connectivity index (χ1n) is 5.63. The molecule has 2 nitrogen and oxygen atoms in total. The third kappa shape index (κ3) is 4.91. The molecule has 0 radical (unpaired) electrons. The third-order valence-electron chi connectivity index (χ3n) is 2.32. The predicted molar refractivity (Wildman–Crippen MR) is 67.0 cm³/mol. The summed E-state index contributed by atoms with van der Waals surface area (Å²) in [7, 11) is 0. The second kappa shape index (κ2) is 7.50. The van der Waals surface area contributed by atoms with Crippen LogP contribution in [0.25, 0.3) is 0 Å². The van der Waals surface area contributed by atoms with Crippen LogP contribution < -0.4 is 5.73 Å². The van der Waals surface area contributed by atoms with Crippen LogP contribution in [-0.4, -0.2) is 17.5 Å². The highest BCUT2D eigenvalue weighted by molar-refractivity contribution is 7.99. The molecule has 0 spiro atoms. The summed E-state index contributed by atoms with van der Waals surface area (Å²) in [5, 5.41) is 8.58. The van der Waals surface area contributed by atoms with Gasteiger partial charge < -0.3 is 10.8 Å². The van der Waals surface area contributed by atoms with E-state index in [0.717, 1.165) is 37.8 Å². The van der Waals surface area contributed by atoms with Gasteiger partial charge in [0.1, 0.15) is 11.6 Å². The van der Waals surface area contributed by atoms with Crippen molar-refractivity contribution in [3.8, 4) is 0 Å². The van der Waals surface area contributed by atoms with Crippen molar-refractivity contribution in [2.45, 2.75) is 30.6 Å². The molecule has 3 N–H and O–H groups in total. The lowest BCUT2D eigenvalue weighted by atomic mass is 10.2.